The van der Waals surface area contributed by atoms with Crippen molar-refractivity contribution in [1.82, 2.24) is 14.5 Å². The fourth-order valence-electron chi connectivity index (χ4n) is 2.42. The number of carboxylic acid groups (broad SMARTS) is 1. The van der Waals surface area contributed by atoms with Crippen molar-refractivity contribution in [2.24, 2.45) is 0 Å². The number of hydrogen-bond acceptors (Lipinski definition) is 4. The number of carboxylic acids is 1. The van der Waals surface area contributed by atoms with Gasteiger partial charge in [-0.1, -0.05) is 23.9 Å². The van der Waals surface area contributed by atoms with Crippen molar-refractivity contribution in [3.05, 3.63) is 30.0 Å². The molecule has 20 heavy (non-hydrogen) atoms. The molecule has 0 atom stereocenters. The highest BCUT2D eigenvalue weighted by atomic mass is 32.2. The number of fused-ring (bicyclic) bond motifs is 1. The molecule has 2 aromatic rings. The first kappa shape index (κ1) is 13.2. The Kier molecular flexibility index (Phi) is 3.48. The van der Waals surface area contributed by atoms with Gasteiger partial charge in [-0.3, -0.25) is 9.36 Å². The zero-order valence-corrected chi connectivity index (χ0v) is 11.9. The van der Waals surface area contributed by atoms with Gasteiger partial charge in [0.05, 0.1) is 5.75 Å². The number of imidazole rings is 1. The Labute approximate surface area is 120 Å². The number of aryl methyl sites for hydroxylation is 1. The highest BCUT2D eigenvalue weighted by Crippen LogP contribution is 2.33. The maximum Gasteiger partial charge on any atom is 0.313 e. The van der Waals surface area contributed by atoms with Crippen LogP contribution in [0.2, 0.25) is 0 Å². The smallest absolute Gasteiger partial charge is 0.313 e. The standard InChI is InChI=1S/C14H15N3O2S/c1-9-6-7-11-13(15-9)17(10-4-2-3-5-10)14(16-11)20-8-12(18)19/h2-3,6-7,10H,4-5,8H2,1H3,(H,18,19). The van der Waals surface area contributed by atoms with Gasteiger partial charge in [0.2, 0.25) is 0 Å². The molecule has 104 valence electrons. The van der Waals surface area contributed by atoms with E-state index < -0.39 is 5.97 Å². The molecule has 2 aromatic heterocycles. The number of aromatic nitrogens is 3. The molecule has 1 aliphatic carbocycles. The average molecular weight is 289 g/mol. The van der Waals surface area contributed by atoms with Crippen LogP contribution in [0.15, 0.2) is 29.4 Å². The van der Waals surface area contributed by atoms with E-state index in [0.29, 0.717) is 6.04 Å². The lowest BCUT2D eigenvalue weighted by Crippen LogP contribution is -2.09. The van der Waals surface area contributed by atoms with Gasteiger partial charge in [-0.15, -0.1) is 0 Å². The number of hydrogen-bond donors (Lipinski definition) is 1. The number of rotatable bonds is 4. The second-order valence-corrected chi connectivity index (χ2v) is 5.78. The Morgan fingerprint density at radius 3 is 2.85 bits per heavy atom. The summed E-state index contributed by atoms with van der Waals surface area (Å²) >= 11 is 1.26. The normalized spacial score (nSPS) is 15.2. The Morgan fingerprint density at radius 2 is 2.15 bits per heavy atom. The molecule has 2 heterocycles. The van der Waals surface area contributed by atoms with Crippen LogP contribution < -0.4 is 0 Å². The predicted octanol–water partition coefficient (Wildman–Crippen LogP) is 2.81. The minimum atomic E-state index is -0.831. The van der Waals surface area contributed by atoms with Crippen LogP contribution in [0.25, 0.3) is 11.2 Å². The van der Waals surface area contributed by atoms with Gasteiger partial charge in [-0.05, 0) is 31.9 Å². The maximum atomic E-state index is 10.8. The number of aliphatic carboxylic acids is 1. The number of allylic oxidation sites excluding steroid dienone is 2. The molecule has 0 aliphatic heterocycles. The summed E-state index contributed by atoms with van der Waals surface area (Å²) in [6, 6.07) is 4.17. The lowest BCUT2D eigenvalue weighted by Gasteiger charge is -2.15. The first-order valence-corrected chi connectivity index (χ1v) is 7.49. The van der Waals surface area contributed by atoms with Crippen LogP contribution >= 0.6 is 11.8 Å². The first-order valence-electron chi connectivity index (χ1n) is 6.50. The molecule has 0 fully saturated rings. The molecule has 0 radical (unpaired) electrons. The molecule has 0 saturated heterocycles. The zero-order valence-electron chi connectivity index (χ0n) is 11.1. The fraction of sp³-hybridized carbons (Fsp3) is 0.357. The zero-order chi connectivity index (χ0) is 14.1. The Hall–Kier alpha value is -1.82. The van der Waals surface area contributed by atoms with Gasteiger partial charge >= 0.3 is 5.97 Å². The van der Waals surface area contributed by atoms with Crippen molar-refractivity contribution in [2.45, 2.75) is 31.0 Å². The van der Waals surface area contributed by atoms with Gasteiger partial charge in [0, 0.05) is 11.7 Å². The summed E-state index contributed by atoms with van der Waals surface area (Å²) in [6.45, 7) is 1.95. The summed E-state index contributed by atoms with van der Waals surface area (Å²) < 4.78 is 2.09. The van der Waals surface area contributed by atoms with Crippen LogP contribution in [-0.4, -0.2) is 31.4 Å². The second kappa shape index (κ2) is 5.28. The monoisotopic (exact) mass is 289 g/mol. The number of pyridine rings is 1. The van der Waals surface area contributed by atoms with Gasteiger partial charge in [0.15, 0.2) is 10.8 Å². The van der Waals surface area contributed by atoms with E-state index in [9.17, 15) is 4.79 Å². The van der Waals surface area contributed by atoms with Crippen LogP contribution in [-0.2, 0) is 4.79 Å². The number of thioether (sulfide) groups is 1. The van der Waals surface area contributed by atoms with Gasteiger partial charge in [0.25, 0.3) is 0 Å². The van der Waals surface area contributed by atoms with Crippen LogP contribution in [0.4, 0.5) is 0 Å². The molecule has 0 spiro atoms. The van der Waals surface area contributed by atoms with Gasteiger partial charge in [-0.2, -0.15) is 0 Å². The molecule has 0 unspecified atom stereocenters. The minimum absolute atomic E-state index is 0.0163. The third-order valence-corrected chi connectivity index (χ3v) is 4.25. The van der Waals surface area contributed by atoms with E-state index in [4.69, 9.17) is 5.11 Å². The quantitative estimate of drug-likeness (QED) is 0.692. The third kappa shape index (κ3) is 2.43. The van der Waals surface area contributed by atoms with E-state index in [1.807, 2.05) is 19.1 Å². The largest absolute Gasteiger partial charge is 0.481 e. The summed E-state index contributed by atoms with van der Waals surface area (Å²) in [4.78, 5) is 19.9. The van der Waals surface area contributed by atoms with Crippen molar-refractivity contribution in [3.8, 4) is 0 Å². The van der Waals surface area contributed by atoms with Gasteiger partial charge in [0.1, 0.15) is 5.52 Å². The molecular formula is C14H15N3O2S. The Morgan fingerprint density at radius 1 is 1.40 bits per heavy atom. The maximum absolute atomic E-state index is 10.8. The van der Waals surface area contributed by atoms with Crippen LogP contribution in [0, 0.1) is 6.92 Å². The van der Waals surface area contributed by atoms with Crippen LogP contribution in [0.5, 0.6) is 0 Å². The van der Waals surface area contributed by atoms with Crippen molar-refractivity contribution in [3.63, 3.8) is 0 Å². The summed E-state index contributed by atoms with van der Waals surface area (Å²) in [5.74, 6) is -0.815. The summed E-state index contributed by atoms with van der Waals surface area (Å²) in [6.07, 6.45) is 6.19. The Bertz CT molecular complexity index is 685. The molecule has 1 N–H and O–H groups in total. The summed E-state index contributed by atoms with van der Waals surface area (Å²) in [5, 5.41) is 9.61. The van der Waals surface area contributed by atoms with Crippen molar-refractivity contribution < 1.29 is 9.90 Å². The predicted molar refractivity (Wildman–Crippen MR) is 78.0 cm³/mol. The number of nitrogens with zero attached hydrogens (tertiary/aromatic N) is 3. The van der Waals surface area contributed by atoms with Crippen molar-refractivity contribution in [1.29, 1.82) is 0 Å². The lowest BCUT2D eigenvalue weighted by atomic mass is 10.2. The first-order chi connectivity index (χ1) is 9.65. The van der Waals surface area contributed by atoms with E-state index in [0.717, 1.165) is 34.9 Å². The molecular weight excluding hydrogens is 274 g/mol. The number of carbonyl (C=O) groups is 1. The highest BCUT2D eigenvalue weighted by molar-refractivity contribution is 7.99. The van der Waals surface area contributed by atoms with Crippen molar-refractivity contribution in [2.75, 3.05) is 5.75 Å². The molecule has 6 heteroatoms. The third-order valence-electron chi connectivity index (χ3n) is 3.32. The van der Waals surface area contributed by atoms with Crippen LogP contribution in [0.1, 0.15) is 24.6 Å². The molecule has 0 saturated carbocycles. The summed E-state index contributed by atoms with van der Waals surface area (Å²) in [5.41, 5.74) is 2.63. The van der Waals surface area contributed by atoms with Crippen LogP contribution in [0.3, 0.4) is 0 Å². The second-order valence-electron chi connectivity index (χ2n) is 4.84. The van der Waals surface area contributed by atoms with Gasteiger partial charge < -0.3 is 5.11 Å². The lowest BCUT2D eigenvalue weighted by molar-refractivity contribution is -0.133. The molecule has 0 aromatic carbocycles. The Balaban J connectivity index is 2.07. The van der Waals surface area contributed by atoms with Crippen molar-refractivity contribution >= 4 is 28.9 Å². The minimum Gasteiger partial charge on any atom is -0.481 e. The van der Waals surface area contributed by atoms with E-state index in [-0.39, 0.29) is 5.75 Å². The van der Waals surface area contributed by atoms with E-state index in [1.54, 1.807) is 0 Å². The molecule has 0 bridgehead atoms. The highest BCUT2D eigenvalue weighted by Gasteiger charge is 2.21. The molecule has 1 aliphatic rings. The van der Waals surface area contributed by atoms with Gasteiger partial charge in [-0.25, -0.2) is 9.97 Å². The van der Waals surface area contributed by atoms with E-state index in [2.05, 4.69) is 26.7 Å². The summed E-state index contributed by atoms with van der Waals surface area (Å²) in [7, 11) is 0. The molecule has 3 rings (SSSR count). The topological polar surface area (TPSA) is 68.0 Å². The SMILES string of the molecule is Cc1ccc2nc(SCC(=O)O)n(C3CC=CC3)c2n1. The average Bonchev–Trinajstić information content (AvgIpc) is 3.02. The molecule has 5 nitrogen and oxygen atoms in total. The van der Waals surface area contributed by atoms with E-state index in [1.165, 1.54) is 11.8 Å². The van der Waals surface area contributed by atoms with E-state index >= 15 is 0 Å². The fourth-order valence-corrected chi connectivity index (χ4v) is 3.21. The molecule has 0 amide bonds.